The molecule has 0 bridgehead atoms. The molecule has 1 heterocycles. The first-order valence-electron chi connectivity index (χ1n) is 5.81. The van der Waals surface area contributed by atoms with Crippen LogP contribution in [0.4, 0.5) is 15.9 Å². The normalized spacial score (nSPS) is 10.3. The summed E-state index contributed by atoms with van der Waals surface area (Å²) in [5, 5.41) is 7.57. The van der Waals surface area contributed by atoms with Crippen LogP contribution in [0.3, 0.4) is 0 Å². The van der Waals surface area contributed by atoms with Crippen molar-refractivity contribution in [1.29, 1.82) is 5.41 Å². The number of nitrogens with one attached hydrogen (secondary N) is 1. The molecule has 0 saturated heterocycles. The molecule has 19 heavy (non-hydrogen) atoms. The summed E-state index contributed by atoms with van der Waals surface area (Å²) >= 11 is 0. The molecule has 0 aliphatic rings. The highest BCUT2D eigenvalue weighted by Crippen LogP contribution is 2.27. The summed E-state index contributed by atoms with van der Waals surface area (Å²) in [5.41, 5.74) is 7.20. The molecule has 5 heteroatoms. The Bertz CT molecular complexity index is 625. The fourth-order valence-electron chi connectivity index (χ4n) is 1.85. The number of pyridine rings is 1. The first kappa shape index (κ1) is 13.0. The van der Waals surface area contributed by atoms with Gasteiger partial charge in [0.2, 0.25) is 0 Å². The predicted octanol–water partition coefficient (Wildman–Crippen LogP) is 2.58. The predicted molar refractivity (Wildman–Crippen MR) is 74.5 cm³/mol. The Labute approximate surface area is 111 Å². The third kappa shape index (κ3) is 2.54. The van der Waals surface area contributed by atoms with Crippen molar-refractivity contribution in [2.24, 2.45) is 5.73 Å². The standard InChI is InChI=1S/C14H15FN4/c1-9-7-8-10(13(16)17)14(18-9)19(2)12-6-4-3-5-11(12)15/h3-8H,1-2H3,(H3,16,17). The van der Waals surface area contributed by atoms with Crippen LogP contribution in [0.25, 0.3) is 0 Å². The summed E-state index contributed by atoms with van der Waals surface area (Å²) < 4.78 is 13.8. The van der Waals surface area contributed by atoms with E-state index < -0.39 is 0 Å². The molecule has 0 saturated carbocycles. The number of rotatable bonds is 3. The van der Waals surface area contributed by atoms with Crippen molar-refractivity contribution in [3.8, 4) is 0 Å². The molecular weight excluding hydrogens is 243 g/mol. The molecule has 0 spiro atoms. The monoisotopic (exact) mass is 258 g/mol. The highest BCUT2D eigenvalue weighted by Gasteiger charge is 2.15. The summed E-state index contributed by atoms with van der Waals surface area (Å²) in [6.07, 6.45) is 0. The van der Waals surface area contributed by atoms with Gasteiger partial charge in [-0.2, -0.15) is 0 Å². The van der Waals surface area contributed by atoms with Gasteiger partial charge in [0, 0.05) is 12.7 Å². The molecule has 0 aliphatic carbocycles. The quantitative estimate of drug-likeness (QED) is 0.657. The summed E-state index contributed by atoms with van der Waals surface area (Å²) in [7, 11) is 1.70. The van der Waals surface area contributed by atoms with E-state index in [1.807, 2.05) is 6.92 Å². The number of para-hydroxylation sites is 1. The first-order valence-corrected chi connectivity index (χ1v) is 5.81. The number of aryl methyl sites for hydroxylation is 1. The highest BCUT2D eigenvalue weighted by molar-refractivity contribution is 6.00. The van der Waals surface area contributed by atoms with E-state index in [4.69, 9.17) is 11.1 Å². The van der Waals surface area contributed by atoms with Gasteiger partial charge in [-0.3, -0.25) is 5.41 Å². The van der Waals surface area contributed by atoms with Gasteiger partial charge in [-0.25, -0.2) is 9.37 Å². The Morgan fingerprint density at radius 3 is 2.58 bits per heavy atom. The smallest absolute Gasteiger partial charge is 0.146 e. The van der Waals surface area contributed by atoms with Gasteiger partial charge >= 0.3 is 0 Å². The molecule has 2 aromatic rings. The van der Waals surface area contributed by atoms with E-state index in [2.05, 4.69) is 4.98 Å². The van der Waals surface area contributed by atoms with E-state index in [9.17, 15) is 4.39 Å². The lowest BCUT2D eigenvalue weighted by molar-refractivity contribution is 0.627. The topological polar surface area (TPSA) is 66.0 Å². The number of nitrogens with zero attached hydrogens (tertiary/aromatic N) is 2. The van der Waals surface area contributed by atoms with Crippen LogP contribution < -0.4 is 10.6 Å². The van der Waals surface area contributed by atoms with E-state index in [1.165, 1.54) is 6.07 Å². The minimum Gasteiger partial charge on any atom is -0.384 e. The lowest BCUT2D eigenvalue weighted by Gasteiger charge is -2.21. The maximum Gasteiger partial charge on any atom is 0.146 e. The zero-order valence-corrected chi connectivity index (χ0v) is 10.8. The van der Waals surface area contributed by atoms with Crippen molar-refractivity contribution in [1.82, 2.24) is 4.98 Å². The Morgan fingerprint density at radius 2 is 1.95 bits per heavy atom. The van der Waals surface area contributed by atoms with Crippen molar-refractivity contribution in [3.63, 3.8) is 0 Å². The summed E-state index contributed by atoms with van der Waals surface area (Å²) in [6.45, 7) is 1.84. The zero-order valence-electron chi connectivity index (χ0n) is 10.8. The van der Waals surface area contributed by atoms with Crippen LogP contribution in [0.15, 0.2) is 36.4 Å². The molecule has 1 aromatic carbocycles. The molecule has 0 radical (unpaired) electrons. The Morgan fingerprint density at radius 1 is 1.26 bits per heavy atom. The first-order chi connectivity index (χ1) is 9.00. The molecule has 0 fully saturated rings. The fraction of sp³-hybridized carbons (Fsp3) is 0.143. The Balaban J connectivity index is 2.55. The zero-order chi connectivity index (χ0) is 14.0. The van der Waals surface area contributed by atoms with Gasteiger partial charge in [0.05, 0.1) is 11.3 Å². The second kappa shape index (κ2) is 5.06. The van der Waals surface area contributed by atoms with Crippen molar-refractivity contribution in [2.45, 2.75) is 6.92 Å². The number of hydrogen-bond donors (Lipinski definition) is 2. The number of aromatic nitrogens is 1. The Kier molecular flexibility index (Phi) is 3.46. The molecule has 0 amide bonds. The van der Waals surface area contributed by atoms with Crippen molar-refractivity contribution >= 4 is 17.3 Å². The number of nitrogen functional groups attached to an aromatic ring is 1. The average molecular weight is 258 g/mol. The molecule has 0 aliphatic heterocycles. The number of amidine groups is 1. The van der Waals surface area contributed by atoms with Crippen molar-refractivity contribution < 1.29 is 4.39 Å². The highest BCUT2D eigenvalue weighted by atomic mass is 19.1. The van der Waals surface area contributed by atoms with Crippen molar-refractivity contribution in [3.05, 3.63) is 53.5 Å². The van der Waals surface area contributed by atoms with Crippen molar-refractivity contribution in [2.75, 3.05) is 11.9 Å². The second-order valence-electron chi connectivity index (χ2n) is 4.25. The van der Waals surface area contributed by atoms with Crippen LogP contribution in [0.2, 0.25) is 0 Å². The number of nitrogens with two attached hydrogens (primary N) is 1. The molecule has 0 unspecified atom stereocenters. The van der Waals surface area contributed by atoms with Gasteiger partial charge in [-0.05, 0) is 31.2 Å². The molecular formula is C14H15FN4. The number of halogens is 1. The largest absolute Gasteiger partial charge is 0.384 e. The average Bonchev–Trinajstić information content (AvgIpc) is 2.38. The van der Waals surface area contributed by atoms with E-state index in [0.717, 1.165) is 5.69 Å². The number of anilines is 2. The van der Waals surface area contributed by atoms with Crippen LogP contribution in [-0.2, 0) is 0 Å². The maximum atomic E-state index is 13.8. The van der Waals surface area contributed by atoms with E-state index in [-0.39, 0.29) is 11.7 Å². The summed E-state index contributed by atoms with van der Waals surface area (Å²) in [5.74, 6) is 0.0334. The number of hydrogen-bond acceptors (Lipinski definition) is 3. The summed E-state index contributed by atoms with van der Waals surface area (Å²) in [4.78, 5) is 5.95. The minimum absolute atomic E-state index is 0.0920. The summed E-state index contributed by atoms with van der Waals surface area (Å²) in [6, 6.07) is 9.91. The number of benzene rings is 1. The van der Waals surface area contributed by atoms with E-state index >= 15 is 0 Å². The molecule has 4 nitrogen and oxygen atoms in total. The van der Waals surface area contributed by atoms with Crippen LogP contribution in [0.1, 0.15) is 11.3 Å². The van der Waals surface area contributed by atoms with E-state index in [1.54, 1.807) is 42.3 Å². The molecule has 2 rings (SSSR count). The molecule has 1 aromatic heterocycles. The van der Waals surface area contributed by atoms with Crippen LogP contribution >= 0.6 is 0 Å². The molecule has 0 atom stereocenters. The van der Waals surface area contributed by atoms with Crippen LogP contribution in [0, 0.1) is 18.2 Å². The van der Waals surface area contributed by atoms with Gasteiger partial charge in [-0.1, -0.05) is 12.1 Å². The Hall–Kier alpha value is -2.43. The van der Waals surface area contributed by atoms with Gasteiger partial charge in [0.15, 0.2) is 0 Å². The SMILES string of the molecule is Cc1ccc(C(=N)N)c(N(C)c2ccccc2F)n1. The lowest BCUT2D eigenvalue weighted by atomic mass is 10.2. The maximum absolute atomic E-state index is 13.8. The lowest BCUT2D eigenvalue weighted by Crippen LogP contribution is -2.20. The van der Waals surface area contributed by atoms with Gasteiger partial charge in [-0.15, -0.1) is 0 Å². The van der Waals surface area contributed by atoms with Gasteiger partial charge < -0.3 is 10.6 Å². The minimum atomic E-state index is -0.345. The van der Waals surface area contributed by atoms with Gasteiger partial charge in [0.25, 0.3) is 0 Å². The second-order valence-corrected chi connectivity index (χ2v) is 4.25. The molecule has 3 N–H and O–H groups in total. The van der Waals surface area contributed by atoms with Crippen LogP contribution in [0.5, 0.6) is 0 Å². The third-order valence-electron chi connectivity index (χ3n) is 2.84. The molecule has 98 valence electrons. The van der Waals surface area contributed by atoms with E-state index in [0.29, 0.717) is 17.1 Å². The fourth-order valence-corrected chi connectivity index (χ4v) is 1.85. The third-order valence-corrected chi connectivity index (χ3v) is 2.84. The van der Waals surface area contributed by atoms with Gasteiger partial charge in [0.1, 0.15) is 17.5 Å². The van der Waals surface area contributed by atoms with Crippen LogP contribution in [-0.4, -0.2) is 17.9 Å².